The molecule has 1 N–H and O–H groups in total. The fourth-order valence-corrected chi connectivity index (χ4v) is 6.12. The van der Waals surface area contributed by atoms with E-state index in [9.17, 15) is 0 Å². The second-order valence-electron chi connectivity index (χ2n) is 10.6. The van der Waals surface area contributed by atoms with Crippen LogP contribution in [0.3, 0.4) is 0 Å². The Morgan fingerprint density at radius 3 is 2.06 bits per heavy atom. The van der Waals surface area contributed by atoms with Crippen LogP contribution in [0.25, 0.3) is 0 Å². The Morgan fingerprint density at radius 1 is 0.714 bits per heavy atom. The number of hydrogen-bond donors (Lipinski definition) is 1. The summed E-state index contributed by atoms with van der Waals surface area (Å²) >= 11 is 0. The molecule has 0 bridgehead atoms. The van der Waals surface area contributed by atoms with Gasteiger partial charge in [-0.15, -0.1) is 0 Å². The van der Waals surface area contributed by atoms with Crippen LogP contribution in [0.1, 0.15) is 74.8 Å². The first-order valence-electron chi connectivity index (χ1n) is 13.6. The van der Waals surface area contributed by atoms with Gasteiger partial charge in [-0.1, -0.05) is 12.1 Å². The van der Waals surface area contributed by atoms with Gasteiger partial charge in [0.2, 0.25) is 0 Å². The van der Waals surface area contributed by atoms with E-state index >= 15 is 0 Å². The van der Waals surface area contributed by atoms with Gasteiger partial charge in [0.25, 0.3) is 0 Å². The second kappa shape index (κ2) is 11.6. The second-order valence-corrected chi connectivity index (χ2v) is 10.6. The predicted octanol–water partition coefficient (Wildman–Crippen LogP) is 6.28. The summed E-state index contributed by atoms with van der Waals surface area (Å²) in [6, 6.07) is 13.0. The number of hydrogen-bond acceptors (Lipinski definition) is 5. The van der Waals surface area contributed by atoms with Gasteiger partial charge in [-0.3, -0.25) is 0 Å². The number of rotatable bonds is 9. The van der Waals surface area contributed by atoms with E-state index in [1.165, 1.54) is 36.8 Å². The van der Waals surface area contributed by atoms with Crippen molar-refractivity contribution in [2.24, 2.45) is 5.92 Å². The molecule has 3 fully saturated rings. The van der Waals surface area contributed by atoms with Crippen molar-refractivity contribution in [2.75, 3.05) is 27.3 Å². The van der Waals surface area contributed by atoms with Crippen LogP contribution < -0.4 is 24.3 Å². The van der Waals surface area contributed by atoms with E-state index in [0.717, 1.165) is 74.6 Å². The molecular weight excluding hydrogens is 438 g/mol. The molecule has 1 heterocycles. The Kier molecular flexibility index (Phi) is 8.02. The maximum atomic E-state index is 6.36. The maximum absolute atomic E-state index is 6.36. The highest BCUT2D eigenvalue weighted by Gasteiger charge is 2.26. The van der Waals surface area contributed by atoms with E-state index in [1.54, 1.807) is 14.2 Å². The lowest BCUT2D eigenvalue weighted by Gasteiger charge is -2.31. The third kappa shape index (κ3) is 6.06. The Balaban J connectivity index is 1.24. The van der Waals surface area contributed by atoms with Crippen LogP contribution in [0.5, 0.6) is 23.0 Å². The van der Waals surface area contributed by atoms with Crippen LogP contribution in [0, 0.1) is 5.92 Å². The fourth-order valence-electron chi connectivity index (χ4n) is 6.12. The Labute approximate surface area is 210 Å². The minimum atomic E-state index is 0.326. The molecule has 35 heavy (non-hydrogen) atoms. The van der Waals surface area contributed by atoms with Gasteiger partial charge < -0.3 is 24.3 Å². The van der Waals surface area contributed by atoms with Gasteiger partial charge in [0.05, 0.1) is 26.4 Å². The molecule has 3 aliphatic rings. The van der Waals surface area contributed by atoms with Crippen molar-refractivity contribution in [3.8, 4) is 23.0 Å². The van der Waals surface area contributed by atoms with Crippen LogP contribution in [-0.4, -0.2) is 39.5 Å². The van der Waals surface area contributed by atoms with E-state index in [1.807, 2.05) is 0 Å². The molecule has 0 amide bonds. The average Bonchev–Trinajstić information content (AvgIpc) is 3.60. The van der Waals surface area contributed by atoms with Crippen molar-refractivity contribution in [3.63, 3.8) is 0 Å². The zero-order valence-electron chi connectivity index (χ0n) is 21.4. The molecule has 1 aliphatic heterocycles. The first-order valence-corrected chi connectivity index (χ1v) is 13.6. The van der Waals surface area contributed by atoms with E-state index in [4.69, 9.17) is 18.9 Å². The van der Waals surface area contributed by atoms with Crippen LogP contribution in [0.4, 0.5) is 0 Å². The third-order valence-electron chi connectivity index (χ3n) is 8.04. The van der Waals surface area contributed by atoms with E-state index in [-0.39, 0.29) is 0 Å². The zero-order valence-corrected chi connectivity index (χ0v) is 21.4. The van der Waals surface area contributed by atoms with Crippen molar-refractivity contribution in [1.29, 1.82) is 0 Å². The van der Waals surface area contributed by atoms with Gasteiger partial charge >= 0.3 is 0 Å². The summed E-state index contributed by atoms with van der Waals surface area (Å²) in [7, 11) is 3.47. The lowest BCUT2D eigenvalue weighted by Crippen LogP contribution is -2.36. The Bertz CT molecular complexity index is 965. The normalized spacial score (nSPS) is 23.4. The highest BCUT2D eigenvalue weighted by Crippen LogP contribution is 2.38. The van der Waals surface area contributed by atoms with Gasteiger partial charge in [-0.2, -0.15) is 0 Å². The van der Waals surface area contributed by atoms with Gasteiger partial charge in [0.15, 0.2) is 23.0 Å². The highest BCUT2D eigenvalue weighted by molar-refractivity contribution is 5.45. The molecule has 5 rings (SSSR count). The lowest BCUT2D eigenvalue weighted by atomic mass is 9.82. The maximum Gasteiger partial charge on any atom is 0.161 e. The van der Waals surface area contributed by atoms with E-state index in [2.05, 4.69) is 41.7 Å². The molecule has 190 valence electrons. The van der Waals surface area contributed by atoms with E-state index in [0.29, 0.717) is 24.0 Å². The molecule has 2 saturated carbocycles. The third-order valence-corrected chi connectivity index (χ3v) is 8.04. The fraction of sp³-hybridized carbons (Fsp3) is 0.600. The van der Waals surface area contributed by atoms with Crippen molar-refractivity contribution in [3.05, 3.63) is 47.5 Å². The summed E-state index contributed by atoms with van der Waals surface area (Å²) in [5.74, 6) is 4.53. The van der Waals surface area contributed by atoms with Crippen LogP contribution in [0.2, 0.25) is 0 Å². The number of methoxy groups -OCH3 is 2. The van der Waals surface area contributed by atoms with E-state index < -0.39 is 0 Å². The van der Waals surface area contributed by atoms with Crippen molar-refractivity contribution < 1.29 is 18.9 Å². The standard InChI is InChI=1S/C30H41NO4/c1-32-27-14-12-23(18-30(27)35-26-9-5-6-10-26)24-16-22(19-31-20-24)15-21-11-13-28(29(17-21)33-2)34-25-7-3-4-8-25/h11-14,17-18,22,24-26,31H,3-10,15-16,19-20H2,1-2H3/t22?,24-/m1/s1. The summed E-state index contributed by atoms with van der Waals surface area (Å²) in [5.41, 5.74) is 2.65. The molecule has 1 saturated heterocycles. The van der Waals surface area contributed by atoms with Crippen molar-refractivity contribution >= 4 is 0 Å². The molecule has 2 atom stereocenters. The highest BCUT2D eigenvalue weighted by atomic mass is 16.5. The quantitative estimate of drug-likeness (QED) is 0.458. The molecule has 0 spiro atoms. The number of piperidine rings is 1. The Hall–Kier alpha value is -2.40. The minimum absolute atomic E-state index is 0.326. The van der Waals surface area contributed by atoms with Crippen molar-refractivity contribution in [2.45, 2.75) is 82.3 Å². The first-order chi connectivity index (χ1) is 17.2. The first kappa shape index (κ1) is 24.3. The van der Waals surface area contributed by atoms with Gasteiger partial charge in [-0.05, 0) is 118 Å². The number of nitrogens with one attached hydrogen (secondary N) is 1. The van der Waals surface area contributed by atoms with Crippen LogP contribution in [-0.2, 0) is 6.42 Å². The predicted molar refractivity (Wildman–Crippen MR) is 139 cm³/mol. The smallest absolute Gasteiger partial charge is 0.161 e. The minimum Gasteiger partial charge on any atom is -0.493 e. The van der Waals surface area contributed by atoms with Crippen LogP contribution >= 0.6 is 0 Å². The lowest BCUT2D eigenvalue weighted by molar-refractivity contribution is 0.200. The summed E-state index contributed by atoms with van der Waals surface area (Å²) in [6.07, 6.45) is 12.5. The average molecular weight is 480 g/mol. The molecular formula is C30H41NO4. The topological polar surface area (TPSA) is 49.0 Å². The number of benzene rings is 2. The van der Waals surface area contributed by atoms with Gasteiger partial charge in [-0.25, -0.2) is 0 Å². The summed E-state index contributed by atoms with van der Waals surface area (Å²) in [6.45, 7) is 2.05. The monoisotopic (exact) mass is 479 g/mol. The number of ether oxygens (including phenoxy) is 4. The summed E-state index contributed by atoms with van der Waals surface area (Å²) < 4.78 is 23.9. The molecule has 0 aromatic heterocycles. The zero-order chi connectivity index (χ0) is 24.0. The van der Waals surface area contributed by atoms with Crippen LogP contribution in [0.15, 0.2) is 36.4 Å². The Morgan fingerprint density at radius 2 is 1.37 bits per heavy atom. The van der Waals surface area contributed by atoms with Crippen molar-refractivity contribution in [1.82, 2.24) is 5.32 Å². The molecule has 5 nitrogen and oxygen atoms in total. The largest absolute Gasteiger partial charge is 0.493 e. The molecule has 1 unspecified atom stereocenters. The molecule has 2 aromatic carbocycles. The van der Waals surface area contributed by atoms with Gasteiger partial charge in [0, 0.05) is 6.54 Å². The molecule has 2 aromatic rings. The van der Waals surface area contributed by atoms with Gasteiger partial charge in [0.1, 0.15) is 0 Å². The summed E-state index contributed by atoms with van der Waals surface area (Å²) in [5, 5.41) is 3.69. The molecule has 5 heteroatoms. The SMILES string of the molecule is COc1cc(CC2CNC[C@H](c3ccc(OC)c(OC4CCCC4)c3)C2)ccc1OC1CCCC1. The molecule has 0 radical (unpaired) electrons. The summed E-state index contributed by atoms with van der Waals surface area (Å²) in [4.78, 5) is 0. The molecule has 2 aliphatic carbocycles.